The summed E-state index contributed by atoms with van der Waals surface area (Å²) in [4.78, 5) is 12.0. The maximum atomic E-state index is 12.8. The van der Waals surface area contributed by atoms with Crippen LogP contribution in [0.4, 0.5) is 13.2 Å². The van der Waals surface area contributed by atoms with Gasteiger partial charge in [-0.25, -0.2) is 0 Å². The summed E-state index contributed by atoms with van der Waals surface area (Å²) in [6.07, 6.45) is -4.15. The first kappa shape index (κ1) is 16.5. The summed E-state index contributed by atoms with van der Waals surface area (Å²) in [6, 6.07) is 3.27. The summed E-state index contributed by atoms with van der Waals surface area (Å²) in [5.41, 5.74) is -0.452. The number of hydrogen-bond acceptors (Lipinski definition) is 2. The molecule has 0 saturated carbocycles. The van der Waals surface area contributed by atoms with E-state index in [2.05, 4.69) is 0 Å². The number of benzene rings is 1. The Bertz CT molecular complexity index is 478. The largest absolute Gasteiger partial charge is 0.496 e. The van der Waals surface area contributed by atoms with E-state index in [-0.39, 0.29) is 18.1 Å². The molecule has 0 aromatic heterocycles. The van der Waals surface area contributed by atoms with E-state index in [1.807, 2.05) is 13.8 Å². The molecule has 0 heterocycles. The Hall–Kier alpha value is -1.52. The number of alkyl halides is 3. The molecule has 0 aliphatic carbocycles. The number of ketones is 1. The van der Waals surface area contributed by atoms with Crippen LogP contribution in [0.5, 0.6) is 5.75 Å². The number of methoxy groups -OCH3 is 1. The van der Waals surface area contributed by atoms with Gasteiger partial charge in [0.15, 0.2) is 0 Å². The van der Waals surface area contributed by atoms with Gasteiger partial charge in [0.1, 0.15) is 11.5 Å². The highest BCUT2D eigenvalue weighted by atomic mass is 19.4. The third-order valence-corrected chi connectivity index (χ3v) is 3.25. The second-order valence-corrected chi connectivity index (χ2v) is 5.00. The van der Waals surface area contributed by atoms with Crippen LogP contribution in [0.2, 0.25) is 0 Å². The van der Waals surface area contributed by atoms with E-state index >= 15 is 0 Å². The Morgan fingerprint density at radius 1 is 1.30 bits per heavy atom. The number of rotatable bonds is 5. The van der Waals surface area contributed by atoms with Crippen LogP contribution < -0.4 is 4.74 Å². The van der Waals surface area contributed by atoms with E-state index in [0.717, 1.165) is 12.1 Å². The van der Waals surface area contributed by atoms with Gasteiger partial charge in [-0.2, -0.15) is 13.2 Å². The zero-order chi connectivity index (χ0) is 15.5. The highest BCUT2D eigenvalue weighted by molar-refractivity contribution is 5.86. The average molecular weight is 288 g/mol. The Morgan fingerprint density at radius 2 is 1.90 bits per heavy atom. The van der Waals surface area contributed by atoms with Gasteiger partial charge in [0, 0.05) is 17.9 Å². The van der Waals surface area contributed by atoms with E-state index in [9.17, 15) is 18.0 Å². The maximum Gasteiger partial charge on any atom is 0.416 e. The Balaban J connectivity index is 3.41. The van der Waals surface area contributed by atoms with Gasteiger partial charge in [-0.3, -0.25) is 4.79 Å². The van der Waals surface area contributed by atoms with Gasteiger partial charge in [-0.15, -0.1) is 0 Å². The van der Waals surface area contributed by atoms with Crippen LogP contribution in [0.15, 0.2) is 18.2 Å². The first-order valence-corrected chi connectivity index (χ1v) is 6.50. The number of Topliss-reactive ketones (excluding diaryl/α,β-unsaturated/α-hetero) is 1. The highest BCUT2D eigenvalue weighted by Crippen LogP contribution is 2.38. The van der Waals surface area contributed by atoms with Gasteiger partial charge in [-0.1, -0.05) is 20.8 Å². The third-order valence-electron chi connectivity index (χ3n) is 3.25. The minimum absolute atomic E-state index is 0.0855. The number of carbonyl (C=O) groups is 1. The van der Waals surface area contributed by atoms with Crippen molar-refractivity contribution in [1.82, 2.24) is 0 Å². The number of halogens is 3. The summed E-state index contributed by atoms with van der Waals surface area (Å²) in [5, 5.41) is 0. The molecule has 1 unspecified atom stereocenters. The van der Waals surface area contributed by atoms with Gasteiger partial charge >= 0.3 is 6.18 Å². The van der Waals surface area contributed by atoms with Gasteiger partial charge in [0.2, 0.25) is 0 Å². The Morgan fingerprint density at radius 3 is 2.30 bits per heavy atom. The lowest BCUT2D eigenvalue weighted by molar-refractivity contribution is -0.137. The highest BCUT2D eigenvalue weighted by Gasteiger charge is 2.33. The fourth-order valence-corrected chi connectivity index (χ4v) is 2.28. The van der Waals surface area contributed by atoms with E-state index in [0.29, 0.717) is 11.3 Å². The molecule has 20 heavy (non-hydrogen) atoms. The van der Waals surface area contributed by atoms with Crippen molar-refractivity contribution in [2.24, 2.45) is 5.92 Å². The van der Waals surface area contributed by atoms with Crippen molar-refractivity contribution in [1.29, 1.82) is 0 Å². The number of ether oxygens (including phenoxy) is 1. The average Bonchev–Trinajstić information content (AvgIpc) is 2.37. The van der Waals surface area contributed by atoms with Crippen molar-refractivity contribution in [3.63, 3.8) is 0 Å². The molecule has 0 N–H and O–H groups in total. The van der Waals surface area contributed by atoms with E-state index in [4.69, 9.17) is 4.74 Å². The van der Waals surface area contributed by atoms with Crippen molar-refractivity contribution in [3.05, 3.63) is 29.3 Å². The van der Waals surface area contributed by atoms with Gasteiger partial charge < -0.3 is 4.74 Å². The standard InChI is InChI=1S/C15H19F3O2/c1-5-12(19)14(9(2)3)11-8-10(15(16,17)18)6-7-13(11)20-4/h6-9,14H,5H2,1-4H3. The van der Waals surface area contributed by atoms with Crippen LogP contribution in [0.1, 0.15) is 44.2 Å². The molecule has 5 heteroatoms. The molecule has 0 aliphatic heterocycles. The molecule has 1 rings (SSSR count). The SMILES string of the molecule is CCC(=O)C(c1cc(C(F)(F)F)ccc1OC)C(C)C. The van der Waals surface area contributed by atoms with Gasteiger partial charge in [0.25, 0.3) is 0 Å². The minimum atomic E-state index is -4.43. The molecule has 0 amide bonds. The summed E-state index contributed by atoms with van der Waals surface area (Å²) in [6.45, 7) is 5.34. The Labute approximate surface area is 116 Å². The molecular weight excluding hydrogens is 269 g/mol. The van der Waals surface area contributed by atoms with Gasteiger partial charge in [-0.05, 0) is 24.1 Å². The van der Waals surface area contributed by atoms with Crippen molar-refractivity contribution < 1.29 is 22.7 Å². The van der Waals surface area contributed by atoms with Crippen molar-refractivity contribution in [2.45, 2.75) is 39.3 Å². The molecule has 1 aromatic rings. The summed E-state index contributed by atoms with van der Waals surface area (Å²) in [7, 11) is 1.39. The van der Waals surface area contributed by atoms with Crippen LogP contribution >= 0.6 is 0 Å². The smallest absolute Gasteiger partial charge is 0.416 e. The predicted molar refractivity (Wildman–Crippen MR) is 70.9 cm³/mol. The van der Waals surface area contributed by atoms with Crippen LogP contribution in [0, 0.1) is 5.92 Å². The van der Waals surface area contributed by atoms with E-state index < -0.39 is 17.7 Å². The molecular formula is C15H19F3O2. The molecule has 0 saturated heterocycles. The lowest BCUT2D eigenvalue weighted by atomic mass is 9.83. The molecule has 0 radical (unpaired) electrons. The monoisotopic (exact) mass is 288 g/mol. The quantitative estimate of drug-likeness (QED) is 0.801. The zero-order valence-electron chi connectivity index (χ0n) is 12.0. The maximum absolute atomic E-state index is 12.8. The topological polar surface area (TPSA) is 26.3 Å². The van der Waals surface area contributed by atoms with Gasteiger partial charge in [0.05, 0.1) is 12.7 Å². The number of hydrogen-bond donors (Lipinski definition) is 0. The predicted octanol–water partition coefficient (Wildman–Crippen LogP) is 4.43. The zero-order valence-corrected chi connectivity index (χ0v) is 12.0. The lowest BCUT2D eigenvalue weighted by Crippen LogP contribution is -2.19. The molecule has 1 atom stereocenters. The summed E-state index contributed by atoms with van der Waals surface area (Å²) < 4.78 is 43.6. The second kappa shape index (κ2) is 6.29. The van der Waals surface area contributed by atoms with Crippen molar-refractivity contribution in [3.8, 4) is 5.75 Å². The normalized spacial score (nSPS) is 13.4. The third kappa shape index (κ3) is 3.52. The first-order chi connectivity index (χ1) is 9.22. The van der Waals surface area contributed by atoms with E-state index in [1.165, 1.54) is 13.2 Å². The second-order valence-electron chi connectivity index (χ2n) is 5.00. The Kier molecular flexibility index (Phi) is 5.20. The molecule has 0 fully saturated rings. The first-order valence-electron chi connectivity index (χ1n) is 6.50. The van der Waals surface area contributed by atoms with E-state index in [1.54, 1.807) is 6.92 Å². The minimum Gasteiger partial charge on any atom is -0.496 e. The molecule has 0 bridgehead atoms. The fourth-order valence-electron chi connectivity index (χ4n) is 2.28. The molecule has 1 aromatic carbocycles. The molecule has 2 nitrogen and oxygen atoms in total. The molecule has 0 spiro atoms. The van der Waals surface area contributed by atoms with Crippen LogP contribution in [0.25, 0.3) is 0 Å². The van der Waals surface area contributed by atoms with Crippen LogP contribution in [-0.4, -0.2) is 12.9 Å². The number of carbonyl (C=O) groups excluding carboxylic acids is 1. The summed E-state index contributed by atoms with van der Waals surface area (Å²) >= 11 is 0. The fraction of sp³-hybridized carbons (Fsp3) is 0.533. The van der Waals surface area contributed by atoms with Crippen molar-refractivity contribution in [2.75, 3.05) is 7.11 Å². The summed E-state index contributed by atoms with van der Waals surface area (Å²) in [5.74, 6) is -0.451. The molecule has 0 aliphatic rings. The van der Waals surface area contributed by atoms with Crippen LogP contribution in [0.3, 0.4) is 0 Å². The van der Waals surface area contributed by atoms with Crippen LogP contribution in [-0.2, 0) is 11.0 Å². The van der Waals surface area contributed by atoms with Crippen molar-refractivity contribution >= 4 is 5.78 Å². The lowest BCUT2D eigenvalue weighted by Gasteiger charge is -2.23. The molecule has 112 valence electrons.